The molecule has 0 heterocycles. The summed E-state index contributed by atoms with van der Waals surface area (Å²) in [5.41, 5.74) is 1.98. The van der Waals surface area contributed by atoms with Gasteiger partial charge in [0.05, 0.1) is 10.6 Å². The van der Waals surface area contributed by atoms with Crippen LogP contribution in [0.25, 0.3) is 0 Å². The molecule has 0 radical (unpaired) electrons. The fraction of sp³-hybridized carbons (Fsp3) is 0.133. The minimum Gasteiger partial charge on any atom is -0.322 e. The zero-order valence-corrected chi connectivity index (χ0v) is 13.1. The summed E-state index contributed by atoms with van der Waals surface area (Å²) in [5, 5.41) is 2.89. The van der Waals surface area contributed by atoms with Gasteiger partial charge in [-0.15, -0.1) is 0 Å². The number of aryl methyl sites for hydroxylation is 1. The predicted molar refractivity (Wildman–Crippen MR) is 82.9 cm³/mol. The van der Waals surface area contributed by atoms with Crippen LogP contribution in [0.1, 0.15) is 22.8 Å². The Hall–Kier alpha value is -1.39. The molecule has 1 N–H and O–H groups in total. The lowest BCUT2D eigenvalue weighted by atomic mass is 10.1. The Labute approximate surface area is 130 Å². The van der Waals surface area contributed by atoms with E-state index in [-0.39, 0.29) is 16.5 Å². The Morgan fingerprint density at radius 2 is 2.05 bits per heavy atom. The van der Waals surface area contributed by atoms with Gasteiger partial charge in [0, 0.05) is 10.2 Å². The summed E-state index contributed by atoms with van der Waals surface area (Å²) in [4.78, 5) is 12.2. The Morgan fingerprint density at radius 3 is 2.70 bits per heavy atom. The normalized spacial score (nSPS) is 10.4. The molecule has 0 atom stereocenters. The molecule has 2 aromatic rings. The number of rotatable bonds is 3. The van der Waals surface area contributed by atoms with Crippen LogP contribution in [0.3, 0.4) is 0 Å². The zero-order valence-electron chi connectivity index (χ0n) is 10.7. The van der Waals surface area contributed by atoms with Crippen molar-refractivity contribution in [3.05, 3.63) is 62.8 Å². The number of anilines is 1. The SMILES string of the molecule is CCc1cc(Br)ccc1NC(=O)c1ccc(F)cc1Cl. The quantitative estimate of drug-likeness (QED) is 0.818. The molecule has 0 unspecified atom stereocenters. The minimum atomic E-state index is -0.468. The lowest BCUT2D eigenvalue weighted by Crippen LogP contribution is -2.13. The van der Waals surface area contributed by atoms with Gasteiger partial charge in [0.25, 0.3) is 5.91 Å². The molecule has 1 amide bonds. The van der Waals surface area contributed by atoms with E-state index in [0.717, 1.165) is 28.2 Å². The highest BCUT2D eigenvalue weighted by atomic mass is 79.9. The highest BCUT2D eigenvalue weighted by Gasteiger charge is 2.13. The van der Waals surface area contributed by atoms with Crippen LogP contribution in [0, 0.1) is 5.82 Å². The summed E-state index contributed by atoms with van der Waals surface area (Å²) in [6, 6.07) is 9.32. The number of nitrogens with one attached hydrogen (secondary N) is 1. The van der Waals surface area contributed by atoms with Crippen molar-refractivity contribution in [2.45, 2.75) is 13.3 Å². The van der Waals surface area contributed by atoms with E-state index < -0.39 is 5.82 Å². The van der Waals surface area contributed by atoms with Gasteiger partial charge in [0.2, 0.25) is 0 Å². The molecule has 0 aliphatic carbocycles. The van der Waals surface area contributed by atoms with E-state index in [4.69, 9.17) is 11.6 Å². The molecule has 104 valence electrons. The third-order valence-corrected chi connectivity index (χ3v) is 3.68. The number of hydrogen-bond acceptors (Lipinski definition) is 1. The van der Waals surface area contributed by atoms with Gasteiger partial charge in [-0.25, -0.2) is 4.39 Å². The van der Waals surface area contributed by atoms with Crippen LogP contribution in [-0.4, -0.2) is 5.91 Å². The Bertz CT molecular complexity index is 660. The average molecular weight is 357 g/mol. The standard InChI is InChI=1S/C15H12BrClFNO/c1-2-9-7-10(16)3-6-14(9)19-15(20)12-5-4-11(18)8-13(12)17/h3-8H,2H2,1H3,(H,19,20). The van der Waals surface area contributed by atoms with E-state index in [0.29, 0.717) is 0 Å². The zero-order chi connectivity index (χ0) is 14.7. The van der Waals surface area contributed by atoms with Crippen LogP contribution < -0.4 is 5.32 Å². The molecule has 0 aliphatic rings. The highest BCUT2D eigenvalue weighted by Crippen LogP contribution is 2.24. The van der Waals surface area contributed by atoms with Gasteiger partial charge in [-0.2, -0.15) is 0 Å². The third-order valence-electron chi connectivity index (χ3n) is 2.87. The lowest BCUT2D eigenvalue weighted by Gasteiger charge is -2.11. The van der Waals surface area contributed by atoms with Gasteiger partial charge in [-0.05, 0) is 48.4 Å². The molecule has 0 bridgehead atoms. The molecular formula is C15H12BrClFNO. The van der Waals surface area contributed by atoms with Crippen LogP contribution >= 0.6 is 27.5 Å². The molecule has 0 spiro atoms. The minimum absolute atomic E-state index is 0.0951. The van der Waals surface area contributed by atoms with Crippen molar-refractivity contribution in [1.82, 2.24) is 0 Å². The first-order valence-electron chi connectivity index (χ1n) is 6.06. The fourth-order valence-corrected chi connectivity index (χ4v) is 2.50. The molecule has 0 aliphatic heterocycles. The predicted octanol–water partition coefficient (Wildman–Crippen LogP) is 5.06. The smallest absolute Gasteiger partial charge is 0.257 e. The summed E-state index contributed by atoms with van der Waals surface area (Å²) in [6.45, 7) is 2.00. The average Bonchev–Trinajstić information content (AvgIpc) is 2.40. The van der Waals surface area contributed by atoms with Crippen LogP contribution in [0.15, 0.2) is 40.9 Å². The maximum Gasteiger partial charge on any atom is 0.257 e. The molecule has 0 aromatic heterocycles. The van der Waals surface area contributed by atoms with Gasteiger partial charge in [-0.3, -0.25) is 4.79 Å². The third kappa shape index (κ3) is 3.38. The van der Waals surface area contributed by atoms with Crippen molar-refractivity contribution in [2.24, 2.45) is 0 Å². The van der Waals surface area contributed by atoms with E-state index in [1.54, 1.807) is 0 Å². The molecule has 20 heavy (non-hydrogen) atoms. The van der Waals surface area contributed by atoms with E-state index in [2.05, 4.69) is 21.2 Å². The van der Waals surface area contributed by atoms with E-state index in [1.807, 2.05) is 25.1 Å². The molecular weight excluding hydrogens is 345 g/mol. The molecule has 2 rings (SSSR count). The number of halogens is 3. The second kappa shape index (κ2) is 6.37. The number of benzene rings is 2. The largest absolute Gasteiger partial charge is 0.322 e. The maximum absolute atomic E-state index is 13.0. The number of hydrogen-bond donors (Lipinski definition) is 1. The molecule has 2 aromatic carbocycles. The summed E-state index contributed by atoms with van der Waals surface area (Å²) >= 11 is 9.27. The molecule has 0 saturated carbocycles. The van der Waals surface area contributed by atoms with E-state index in [1.165, 1.54) is 12.1 Å². The Kier molecular flexibility index (Phi) is 4.78. The van der Waals surface area contributed by atoms with E-state index >= 15 is 0 Å². The number of amides is 1. The molecule has 2 nitrogen and oxygen atoms in total. The maximum atomic E-state index is 13.0. The summed E-state index contributed by atoms with van der Waals surface area (Å²) in [7, 11) is 0. The highest BCUT2D eigenvalue weighted by molar-refractivity contribution is 9.10. The number of carbonyl (C=O) groups is 1. The second-order valence-corrected chi connectivity index (χ2v) is 5.56. The number of carbonyl (C=O) groups excluding carboxylic acids is 1. The fourth-order valence-electron chi connectivity index (χ4n) is 1.84. The monoisotopic (exact) mass is 355 g/mol. The van der Waals surface area contributed by atoms with Crippen molar-refractivity contribution in [3.8, 4) is 0 Å². The summed E-state index contributed by atoms with van der Waals surface area (Å²) in [5.74, 6) is -0.823. The first kappa shape index (κ1) is 15.0. The summed E-state index contributed by atoms with van der Waals surface area (Å²) < 4.78 is 13.9. The van der Waals surface area contributed by atoms with Crippen molar-refractivity contribution in [2.75, 3.05) is 5.32 Å². The van der Waals surface area contributed by atoms with Crippen molar-refractivity contribution in [3.63, 3.8) is 0 Å². The van der Waals surface area contributed by atoms with Gasteiger partial charge in [0.15, 0.2) is 0 Å². The van der Waals surface area contributed by atoms with E-state index in [9.17, 15) is 9.18 Å². The Balaban J connectivity index is 2.28. The molecule has 0 fully saturated rings. The van der Waals surface area contributed by atoms with Gasteiger partial charge < -0.3 is 5.32 Å². The molecule has 0 saturated heterocycles. The topological polar surface area (TPSA) is 29.1 Å². The van der Waals surface area contributed by atoms with Crippen LogP contribution in [-0.2, 0) is 6.42 Å². The van der Waals surface area contributed by atoms with Crippen molar-refractivity contribution < 1.29 is 9.18 Å². The molecule has 5 heteroatoms. The van der Waals surface area contributed by atoms with Gasteiger partial charge >= 0.3 is 0 Å². The first-order valence-corrected chi connectivity index (χ1v) is 7.23. The first-order chi connectivity index (χ1) is 9.51. The van der Waals surface area contributed by atoms with Crippen LogP contribution in [0.4, 0.5) is 10.1 Å². The van der Waals surface area contributed by atoms with Crippen molar-refractivity contribution in [1.29, 1.82) is 0 Å². The summed E-state index contributed by atoms with van der Waals surface area (Å²) in [6.07, 6.45) is 0.784. The van der Waals surface area contributed by atoms with Gasteiger partial charge in [-0.1, -0.05) is 34.5 Å². The second-order valence-electron chi connectivity index (χ2n) is 4.23. The van der Waals surface area contributed by atoms with Crippen molar-refractivity contribution >= 4 is 39.1 Å². The Morgan fingerprint density at radius 1 is 1.30 bits per heavy atom. The van der Waals surface area contributed by atoms with Crippen LogP contribution in [0.5, 0.6) is 0 Å². The van der Waals surface area contributed by atoms with Gasteiger partial charge in [0.1, 0.15) is 5.82 Å². The lowest BCUT2D eigenvalue weighted by molar-refractivity contribution is 0.102. The van der Waals surface area contributed by atoms with Crippen LogP contribution in [0.2, 0.25) is 5.02 Å².